The number of carbonyl (C=O) groups excluding carboxylic acids is 2. The number of likely N-dealkylation sites (tertiary alicyclic amines) is 1. The van der Waals surface area contributed by atoms with Gasteiger partial charge in [-0.3, -0.25) is 9.48 Å². The van der Waals surface area contributed by atoms with E-state index in [1.54, 1.807) is 35.8 Å². The van der Waals surface area contributed by atoms with Crippen molar-refractivity contribution in [2.75, 3.05) is 13.2 Å². The summed E-state index contributed by atoms with van der Waals surface area (Å²) in [5.74, 6) is -0.478. The molecule has 1 aromatic heterocycles. The van der Waals surface area contributed by atoms with Gasteiger partial charge in [0.1, 0.15) is 6.04 Å². The number of ether oxygens (including phenoxy) is 1. The Labute approximate surface area is 118 Å². The predicted molar refractivity (Wildman–Crippen MR) is 73.6 cm³/mol. The molecular weight excluding hydrogens is 258 g/mol. The lowest BCUT2D eigenvalue weighted by Crippen LogP contribution is -2.40. The minimum atomic E-state index is -0.446. The maximum Gasteiger partial charge on any atom is 0.328 e. The van der Waals surface area contributed by atoms with Crippen molar-refractivity contribution in [3.05, 3.63) is 24.0 Å². The van der Waals surface area contributed by atoms with Crippen molar-refractivity contribution >= 4 is 18.0 Å². The summed E-state index contributed by atoms with van der Waals surface area (Å²) >= 11 is 0. The highest BCUT2D eigenvalue weighted by Crippen LogP contribution is 2.19. The molecule has 1 saturated heterocycles. The molecular formula is C14H19N3O3. The molecule has 1 aromatic rings. The van der Waals surface area contributed by atoms with Crippen LogP contribution in [0, 0.1) is 0 Å². The Bertz CT molecular complexity index is 521. The normalized spacial score (nSPS) is 18.7. The summed E-state index contributed by atoms with van der Waals surface area (Å²) in [5, 5.41) is 4.03. The van der Waals surface area contributed by atoms with Crippen molar-refractivity contribution in [2.24, 2.45) is 7.05 Å². The Balaban J connectivity index is 2.03. The van der Waals surface area contributed by atoms with Crippen molar-refractivity contribution in [3.63, 3.8) is 0 Å². The van der Waals surface area contributed by atoms with E-state index in [9.17, 15) is 9.59 Å². The molecule has 1 amide bonds. The number of nitrogens with zero attached hydrogens (tertiary/aromatic N) is 3. The number of hydrogen-bond acceptors (Lipinski definition) is 4. The second-order valence-electron chi connectivity index (χ2n) is 4.65. The first-order valence-corrected chi connectivity index (χ1v) is 6.76. The molecule has 0 N–H and O–H groups in total. The maximum atomic E-state index is 12.2. The second kappa shape index (κ2) is 6.36. The highest BCUT2D eigenvalue weighted by molar-refractivity contribution is 5.94. The van der Waals surface area contributed by atoms with E-state index in [-0.39, 0.29) is 11.9 Å². The van der Waals surface area contributed by atoms with Crippen LogP contribution in [0.3, 0.4) is 0 Å². The van der Waals surface area contributed by atoms with Crippen LogP contribution in [-0.4, -0.2) is 45.8 Å². The zero-order valence-corrected chi connectivity index (χ0v) is 11.8. The van der Waals surface area contributed by atoms with Crippen LogP contribution in [0.4, 0.5) is 0 Å². The van der Waals surface area contributed by atoms with Gasteiger partial charge in [-0.1, -0.05) is 0 Å². The quantitative estimate of drug-likeness (QED) is 0.608. The highest BCUT2D eigenvalue weighted by atomic mass is 16.5. The predicted octanol–water partition coefficient (Wildman–Crippen LogP) is 0.987. The molecule has 1 atom stereocenters. The molecule has 20 heavy (non-hydrogen) atoms. The first-order chi connectivity index (χ1) is 9.63. The number of esters is 1. The Hall–Kier alpha value is -2.11. The fraction of sp³-hybridized carbons (Fsp3) is 0.500. The van der Waals surface area contributed by atoms with Gasteiger partial charge in [-0.2, -0.15) is 5.10 Å². The number of aromatic nitrogens is 2. The third-order valence-corrected chi connectivity index (χ3v) is 3.35. The summed E-state index contributed by atoms with van der Waals surface area (Å²) < 4.78 is 6.68. The first kappa shape index (κ1) is 14.3. The smallest absolute Gasteiger partial charge is 0.328 e. The Morgan fingerprint density at radius 2 is 2.35 bits per heavy atom. The topological polar surface area (TPSA) is 64.4 Å². The van der Waals surface area contributed by atoms with E-state index >= 15 is 0 Å². The van der Waals surface area contributed by atoms with Gasteiger partial charge in [0.2, 0.25) is 5.91 Å². The molecule has 1 aliphatic rings. The first-order valence-electron chi connectivity index (χ1n) is 6.76. The lowest BCUT2D eigenvalue weighted by Gasteiger charge is -2.21. The van der Waals surface area contributed by atoms with Gasteiger partial charge in [0, 0.05) is 25.9 Å². The van der Waals surface area contributed by atoms with Gasteiger partial charge < -0.3 is 9.64 Å². The minimum Gasteiger partial charge on any atom is -0.464 e. The van der Waals surface area contributed by atoms with Crippen molar-refractivity contribution in [2.45, 2.75) is 25.8 Å². The lowest BCUT2D eigenvalue weighted by molar-refractivity contribution is -0.151. The zero-order valence-electron chi connectivity index (χ0n) is 11.8. The van der Waals surface area contributed by atoms with Gasteiger partial charge in [-0.25, -0.2) is 4.79 Å². The SMILES string of the molecule is CCOC(=O)C1CCCN1C(=O)C=Cc1ccnn1C. The van der Waals surface area contributed by atoms with Crippen LogP contribution in [0.15, 0.2) is 18.3 Å². The van der Waals surface area contributed by atoms with Crippen LogP contribution >= 0.6 is 0 Å². The average molecular weight is 277 g/mol. The van der Waals surface area contributed by atoms with Crippen LogP contribution in [0.2, 0.25) is 0 Å². The van der Waals surface area contributed by atoms with Gasteiger partial charge >= 0.3 is 5.97 Å². The third-order valence-electron chi connectivity index (χ3n) is 3.35. The molecule has 0 saturated carbocycles. The standard InChI is InChI=1S/C14H19N3O3/c1-3-20-14(19)12-5-4-10-17(12)13(18)7-6-11-8-9-15-16(11)2/h6-9,12H,3-5,10H2,1-2H3. The third kappa shape index (κ3) is 3.07. The van der Waals surface area contributed by atoms with E-state index in [0.717, 1.165) is 12.1 Å². The maximum absolute atomic E-state index is 12.2. The van der Waals surface area contributed by atoms with Gasteiger partial charge in [0.15, 0.2) is 0 Å². The Kier molecular flexibility index (Phi) is 4.55. The highest BCUT2D eigenvalue weighted by Gasteiger charge is 2.34. The molecule has 1 aliphatic heterocycles. The van der Waals surface area contributed by atoms with Crippen LogP contribution in [-0.2, 0) is 21.4 Å². The molecule has 2 rings (SSSR count). The largest absolute Gasteiger partial charge is 0.464 e. The molecule has 0 radical (unpaired) electrons. The van der Waals surface area contributed by atoms with E-state index in [2.05, 4.69) is 5.10 Å². The summed E-state index contributed by atoms with van der Waals surface area (Å²) in [6.45, 7) is 2.70. The van der Waals surface area contributed by atoms with Crippen molar-refractivity contribution in [3.8, 4) is 0 Å². The number of aryl methyl sites for hydroxylation is 1. The monoisotopic (exact) mass is 277 g/mol. The summed E-state index contributed by atoms with van der Waals surface area (Å²) in [7, 11) is 1.81. The van der Waals surface area contributed by atoms with E-state index < -0.39 is 6.04 Å². The van der Waals surface area contributed by atoms with Crippen LogP contribution < -0.4 is 0 Å². The minimum absolute atomic E-state index is 0.165. The average Bonchev–Trinajstić information content (AvgIpc) is 3.05. The number of rotatable bonds is 4. The molecule has 1 fully saturated rings. The van der Waals surface area contributed by atoms with Crippen molar-refractivity contribution in [1.29, 1.82) is 0 Å². The van der Waals surface area contributed by atoms with E-state index in [4.69, 9.17) is 4.74 Å². The molecule has 0 bridgehead atoms. The van der Waals surface area contributed by atoms with Crippen LogP contribution in [0.1, 0.15) is 25.5 Å². The molecule has 6 heteroatoms. The molecule has 0 aromatic carbocycles. The molecule has 1 unspecified atom stereocenters. The zero-order chi connectivity index (χ0) is 14.5. The summed E-state index contributed by atoms with van der Waals surface area (Å²) in [5.41, 5.74) is 0.838. The molecule has 0 spiro atoms. The van der Waals surface area contributed by atoms with E-state index in [0.29, 0.717) is 19.6 Å². The summed E-state index contributed by atoms with van der Waals surface area (Å²) in [6, 6.07) is 1.37. The Morgan fingerprint density at radius 1 is 1.55 bits per heavy atom. The molecule has 108 valence electrons. The van der Waals surface area contributed by atoms with Crippen molar-refractivity contribution < 1.29 is 14.3 Å². The molecule has 0 aliphatic carbocycles. The fourth-order valence-electron chi connectivity index (χ4n) is 2.31. The number of amides is 1. The number of hydrogen-bond donors (Lipinski definition) is 0. The van der Waals surface area contributed by atoms with E-state index in [1.807, 2.05) is 6.07 Å². The molecule has 6 nitrogen and oxygen atoms in total. The van der Waals surface area contributed by atoms with Gasteiger partial charge in [-0.15, -0.1) is 0 Å². The Morgan fingerprint density at radius 3 is 3.00 bits per heavy atom. The van der Waals surface area contributed by atoms with Gasteiger partial charge in [-0.05, 0) is 31.9 Å². The fourth-order valence-corrected chi connectivity index (χ4v) is 2.31. The van der Waals surface area contributed by atoms with Crippen molar-refractivity contribution in [1.82, 2.24) is 14.7 Å². The van der Waals surface area contributed by atoms with E-state index in [1.165, 1.54) is 6.08 Å². The van der Waals surface area contributed by atoms with Gasteiger partial charge in [0.25, 0.3) is 0 Å². The van der Waals surface area contributed by atoms with Gasteiger partial charge in [0.05, 0.1) is 12.3 Å². The van der Waals surface area contributed by atoms with Crippen LogP contribution in [0.5, 0.6) is 0 Å². The summed E-state index contributed by atoms with van der Waals surface area (Å²) in [4.78, 5) is 25.5. The number of carbonyl (C=O) groups is 2. The lowest BCUT2D eigenvalue weighted by atomic mass is 10.2. The van der Waals surface area contributed by atoms with Crippen LogP contribution in [0.25, 0.3) is 6.08 Å². The molecule has 2 heterocycles. The summed E-state index contributed by atoms with van der Waals surface area (Å²) in [6.07, 6.45) is 6.35. The second-order valence-corrected chi connectivity index (χ2v) is 4.65.